The van der Waals surface area contributed by atoms with E-state index in [0.717, 1.165) is 25.7 Å². The molecule has 0 rings (SSSR count). The molecule has 0 radical (unpaired) electrons. The monoisotopic (exact) mass is 218 g/mol. The van der Waals surface area contributed by atoms with Crippen LogP contribution in [-0.2, 0) is 14.2 Å². The van der Waals surface area contributed by atoms with Gasteiger partial charge in [0, 0.05) is 0 Å². The molecule has 4 nitrogen and oxygen atoms in total. The van der Waals surface area contributed by atoms with E-state index in [0.29, 0.717) is 13.2 Å². The molecule has 0 saturated carbocycles. The van der Waals surface area contributed by atoms with Crippen molar-refractivity contribution in [1.29, 1.82) is 0 Å². The summed E-state index contributed by atoms with van der Waals surface area (Å²) < 4.78 is 14.9. The van der Waals surface area contributed by atoms with Crippen molar-refractivity contribution in [2.75, 3.05) is 13.2 Å². The zero-order valence-electron chi connectivity index (χ0n) is 9.95. The van der Waals surface area contributed by atoms with Gasteiger partial charge in [-0.05, 0) is 19.8 Å². The van der Waals surface area contributed by atoms with E-state index in [4.69, 9.17) is 14.2 Å². The summed E-state index contributed by atoms with van der Waals surface area (Å²) in [5, 5.41) is 0. The molecule has 0 fully saturated rings. The van der Waals surface area contributed by atoms with Gasteiger partial charge in [0.05, 0.1) is 13.2 Å². The van der Waals surface area contributed by atoms with Crippen LogP contribution in [0.3, 0.4) is 0 Å². The molecule has 0 N–H and O–H groups in total. The third-order valence-electron chi connectivity index (χ3n) is 1.83. The minimum atomic E-state index is -0.646. The second kappa shape index (κ2) is 9.77. The molecule has 0 heterocycles. The van der Waals surface area contributed by atoms with Crippen molar-refractivity contribution in [3.05, 3.63) is 0 Å². The molecule has 0 bridgehead atoms. The average molecular weight is 218 g/mol. The lowest BCUT2D eigenvalue weighted by atomic mass is 10.4. The average Bonchev–Trinajstić information content (AvgIpc) is 2.18. The highest BCUT2D eigenvalue weighted by Crippen LogP contribution is 2.00. The van der Waals surface area contributed by atoms with Gasteiger partial charge in [-0.25, -0.2) is 4.79 Å². The van der Waals surface area contributed by atoms with Crippen molar-refractivity contribution in [3.63, 3.8) is 0 Å². The van der Waals surface area contributed by atoms with Crippen molar-refractivity contribution in [2.45, 2.75) is 52.7 Å². The molecule has 0 amide bonds. The van der Waals surface area contributed by atoms with Gasteiger partial charge in [0.25, 0.3) is 0 Å². The van der Waals surface area contributed by atoms with Crippen LogP contribution in [0.2, 0.25) is 0 Å². The maximum atomic E-state index is 11.0. The van der Waals surface area contributed by atoms with Crippen molar-refractivity contribution in [2.24, 2.45) is 0 Å². The maximum absolute atomic E-state index is 11.0. The molecule has 0 aliphatic rings. The van der Waals surface area contributed by atoms with E-state index in [9.17, 15) is 4.79 Å². The van der Waals surface area contributed by atoms with E-state index in [1.165, 1.54) is 0 Å². The van der Waals surface area contributed by atoms with Gasteiger partial charge in [0.15, 0.2) is 0 Å². The van der Waals surface area contributed by atoms with Gasteiger partial charge in [-0.15, -0.1) is 0 Å². The molecule has 1 unspecified atom stereocenters. The Kier molecular flexibility index (Phi) is 9.27. The lowest BCUT2D eigenvalue weighted by Gasteiger charge is -2.13. The van der Waals surface area contributed by atoms with Crippen LogP contribution in [0, 0.1) is 0 Å². The first-order valence-electron chi connectivity index (χ1n) is 5.65. The SMILES string of the molecule is CCCCOC(=O)OC(C)OCCCC. The highest BCUT2D eigenvalue weighted by Gasteiger charge is 2.09. The third-order valence-corrected chi connectivity index (χ3v) is 1.83. The van der Waals surface area contributed by atoms with Gasteiger partial charge in [-0.3, -0.25) is 0 Å². The van der Waals surface area contributed by atoms with Crippen LogP contribution in [0.15, 0.2) is 0 Å². The van der Waals surface area contributed by atoms with Crippen molar-refractivity contribution in [1.82, 2.24) is 0 Å². The van der Waals surface area contributed by atoms with E-state index >= 15 is 0 Å². The molecule has 0 aromatic heterocycles. The number of carbonyl (C=O) groups is 1. The molecule has 15 heavy (non-hydrogen) atoms. The molecule has 0 aromatic carbocycles. The summed E-state index contributed by atoms with van der Waals surface area (Å²) in [5.41, 5.74) is 0. The normalized spacial score (nSPS) is 12.2. The van der Waals surface area contributed by atoms with E-state index < -0.39 is 12.4 Å². The summed E-state index contributed by atoms with van der Waals surface area (Å²) in [6.07, 6.45) is 2.72. The predicted molar refractivity (Wildman–Crippen MR) is 57.7 cm³/mol. The molecule has 0 aliphatic heterocycles. The molecule has 1 atom stereocenters. The minimum Gasteiger partial charge on any atom is -0.434 e. The first kappa shape index (κ1) is 14.2. The standard InChI is InChI=1S/C11H22O4/c1-4-6-8-13-10(3)15-11(12)14-9-7-5-2/h10H,4-9H2,1-3H3. The van der Waals surface area contributed by atoms with E-state index in [1.807, 2.05) is 6.92 Å². The van der Waals surface area contributed by atoms with Crippen molar-refractivity contribution < 1.29 is 19.0 Å². The summed E-state index contributed by atoms with van der Waals surface area (Å²) in [5.74, 6) is 0. The molecule has 4 heteroatoms. The minimum absolute atomic E-state index is 0.414. The van der Waals surface area contributed by atoms with Crippen LogP contribution in [0.1, 0.15) is 46.5 Å². The Labute approximate surface area is 91.9 Å². The molecular formula is C11H22O4. The number of ether oxygens (including phenoxy) is 3. The van der Waals surface area contributed by atoms with Crippen LogP contribution in [0.4, 0.5) is 4.79 Å². The summed E-state index contributed by atoms with van der Waals surface area (Å²) in [6.45, 7) is 6.83. The Balaban J connectivity index is 3.40. The smallest absolute Gasteiger partial charge is 0.434 e. The number of hydrogen-bond donors (Lipinski definition) is 0. The van der Waals surface area contributed by atoms with Crippen LogP contribution < -0.4 is 0 Å². The fourth-order valence-corrected chi connectivity index (χ4v) is 0.897. The highest BCUT2D eigenvalue weighted by molar-refractivity contribution is 5.59. The van der Waals surface area contributed by atoms with Crippen molar-refractivity contribution in [3.8, 4) is 0 Å². The first-order valence-corrected chi connectivity index (χ1v) is 5.65. The number of unbranched alkanes of at least 4 members (excludes halogenated alkanes) is 2. The molecule has 0 aliphatic carbocycles. The Hall–Kier alpha value is -0.770. The van der Waals surface area contributed by atoms with Gasteiger partial charge in [-0.1, -0.05) is 26.7 Å². The molecule has 0 saturated heterocycles. The second-order valence-corrected chi connectivity index (χ2v) is 3.36. The molecular weight excluding hydrogens is 196 g/mol. The van der Waals surface area contributed by atoms with E-state index in [2.05, 4.69) is 6.92 Å². The summed E-state index contributed by atoms with van der Waals surface area (Å²) in [4.78, 5) is 11.0. The Morgan fingerprint density at radius 1 is 1.13 bits per heavy atom. The van der Waals surface area contributed by atoms with Gasteiger partial charge < -0.3 is 14.2 Å². The van der Waals surface area contributed by atoms with Crippen LogP contribution in [0.5, 0.6) is 0 Å². The predicted octanol–water partition coefficient (Wildman–Crippen LogP) is 3.10. The molecule has 0 aromatic rings. The second-order valence-electron chi connectivity index (χ2n) is 3.36. The number of rotatable bonds is 8. The summed E-state index contributed by atoms with van der Waals surface area (Å²) in [6, 6.07) is 0. The number of hydrogen-bond acceptors (Lipinski definition) is 4. The summed E-state index contributed by atoms with van der Waals surface area (Å²) >= 11 is 0. The number of carbonyl (C=O) groups excluding carboxylic acids is 1. The molecule has 90 valence electrons. The van der Waals surface area contributed by atoms with Crippen LogP contribution >= 0.6 is 0 Å². The summed E-state index contributed by atoms with van der Waals surface area (Å²) in [7, 11) is 0. The topological polar surface area (TPSA) is 44.8 Å². The quantitative estimate of drug-likeness (QED) is 0.357. The lowest BCUT2D eigenvalue weighted by Crippen LogP contribution is -2.19. The third kappa shape index (κ3) is 9.53. The first-order chi connectivity index (χ1) is 7.20. The van der Waals surface area contributed by atoms with Gasteiger partial charge >= 0.3 is 6.16 Å². The van der Waals surface area contributed by atoms with Crippen LogP contribution in [0.25, 0.3) is 0 Å². The highest BCUT2D eigenvalue weighted by atomic mass is 16.8. The maximum Gasteiger partial charge on any atom is 0.510 e. The van der Waals surface area contributed by atoms with Gasteiger partial charge in [-0.2, -0.15) is 0 Å². The van der Waals surface area contributed by atoms with E-state index in [1.54, 1.807) is 6.92 Å². The largest absolute Gasteiger partial charge is 0.510 e. The molecule has 0 spiro atoms. The fraction of sp³-hybridized carbons (Fsp3) is 0.909. The zero-order chi connectivity index (χ0) is 11.5. The van der Waals surface area contributed by atoms with Crippen molar-refractivity contribution >= 4 is 6.16 Å². The zero-order valence-corrected chi connectivity index (χ0v) is 9.95. The lowest BCUT2D eigenvalue weighted by molar-refractivity contribution is -0.111. The van der Waals surface area contributed by atoms with Crippen LogP contribution in [-0.4, -0.2) is 25.7 Å². The fourth-order valence-electron chi connectivity index (χ4n) is 0.897. The van der Waals surface area contributed by atoms with Gasteiger partial charge in [0.2, 0.25) is 6.29 Å². The Morgan fingerprint density at radius 3 is 2.33 bits per heavy atom. The Bertz CT molecular complexity index is 159. The van der Waals surface area contributed by atoms with E-state index in [-0.39, 0.29) is 0 Å². The Morgan fingerprint density at radius 2 is 1.73 bits per heavy atom. The van der Waals surface area contributed by atoms with Gasteiger partial charge in [0.1, 0.15) is 0 Å².